The Morgan fingerprint density at radius 1 is 1.15 bits per heavy atom. The van der Waals surface area contributed by atoms with Gasteiger partial charge in [0, 0.05) is 30.3 Å². The highest BCUT2D eigenvalue weighted by Gasteiger charge is 2.12. The van der Waals surface area contributed by atoms with Crippen molar-refractivity contribution >= 4 is 17.3 Å². The zero-order chi connectivity index (χ0) is 14.5. The van der Waals surface area contributed by atoms with Gasteiger partial charge >= 0.3 is 0 Å². The second-order valence-corrected chi connectivity index (χ2v) is 5.50. The molecule has 2 nitrogen and oxygen atoms in total. The van der Waals surface area contributed by atoms with Gasteiger partial charge in [-0.3, -0.25) is 0 Å². The van der Waals surface area contributed by atoms with E-state index in [0.29, 0.717) is 0 Å². The minimum absolute atomic E-state index is 0.0769. The van der Waals surface area contributed by atoms with Crippen molar-refractivity contribution in [3.05, 3.63) is 64.7 Å². The second-order valence-electron chi connectivity index (χ2n) is 5.06. The summed E-state index contributed by atoms with van der Waals surface area (Å²) in [6, 6.07) is 16.4. The minimum Gasteiger partial charge on any atom is -0.370 e. The fourth-order valence-electron chi connectivity index (χ4n) is 2.36. The lowest BCUT2D eigenvalue weighted by Crippen LogP contribution is -2.20. The molecule has 3 heteroatoms. The quantitative estimate of drug-likeness (QED) is 0.884. The van der Waals surface area contributed by atoms with Gasteiger partial charge in [0.15, 0.2) is 0 Å². The van der Waals surface area contributed by atoms with Crippen molar-refractivity contribution in [1.82, 2.24) is 0 Å². The molecule has 0 unspecified atom stereocenters. The van der Waals surface area contributed by atoms with Crippen LogP contribution in [0.4, 0.5) is 5.69 Å². The highest BCUT2D eigenvalue weighted by atomic mass is 35.5. The maximum atomic E-state index is 6.20. The number of hydrogen-bond acceptors (Lipinski definition) is 2. The molecule has 0 spiro atoms. The molecule has 0 amide bonds. The SMILES string of the molecule is CC[C@H](N)c1ccccc1N(C)Cc1cccc(Cl)c1. The molecule has 0 fully saturated rings. The van der Waals surface area contributed by atoms with Gasteiger partial charge in [0.2, 0.25) is 0 Å². The molecule has 0 aromatic heterocycles. The first kappa shape index (κ1) is 14.9. The predicted octanol–water partition coefficient (Wildman–Crippen LogP) is 4.39. The van der Waals surface area contributed by atoms with Crippen LogP contribution in [0.2, 0.25) is 5.02 Å². The van der Waals surface area contributed by atoms with Gasteiger partial charge in [0.25, 0.3) is 0 Å². The molecule has 0 aliphatic carbocycles. The summed E-state index contributed by atoms with van der Waals surface area (Å²) in [4.78, 5) is 2.22. The lowest BCUT2D eigenvalue weighted by Gasteiger charge is -2.25. The van der Waals surface area contributed by atoms with E-state index in [9.17, 15) is 0 Å². The van der Waals surface area contributed by atoms with Crippen LogP contribution in [0.3, 0.4) is 0 Å². The van der Waals surface area contributed by atoms with Crippen LogP contribution in [0.15, 0.2) is 48.5 Å². The predicted molar refractivity (Wildman–Crippen MR) is 87.2 cm³/mol. The Morgan fingerprint density at radius 3 is 2.60 bits per heavy atom. The molecule has 2 aromatic carbocycles. The van der Waals surface area contributed by atoms with E-state index in [2.05, 4.69) is 43.1 Å². The van der Waals surface area contributed by atoms with E-state index >= 15 is 0 Å². The molecule has 1 atom stereocenters. The van der Waals surface area contributed by atoms with E-state index in [1.807, 2.05) is 24.3 Å². The van der Waals surface area contributed by atoms with Gasteiger partial charge in [-0.2, -0.15) is 0 Å². The Bertz CT molecular complexity index is 568. The monoisotopic (exact) mass is 288 g/mol. The molecule has 20 heavy (non-hydrogen) atoms. The van der Waals surface area contributed by atoms with Gasteiger partial charge in [0.05, 0.1) is 0 Å². The first-order chi connectivity index (χ1) is 9.61. The summed E-state index contributed by atoms with van der Waals surface area (Å²) in [7, 11) is 2.09. The Morgan fingerprint density at radius 2 is 1.90 bits per heavy atom. The largest absolute Gasteiger partial charge is 0.370 e. The summed E-state index contributed by atoms with van der Waals surface area (Å²) in [5.74, 6) is 0. The molecular formula is C17H21ClN2. The van der Waals surface area contributed by atoms with E-state index in [1.165, 1.54) is 16.8 Å². The lowest BCUT2D eigenvalue weighted by molar-refractivity contribution is 0.694. The van der Waals surface area contributed by atoms with E-state index in [1.54, 1.807) is 0 Å². The van der Waals surface area contributed by atoms with Crippen molar-refractivity contribution in [2.45, 2.75) is 25.9 Å². The Balaban J connectivity index is 2.23. The smallest absolute Gasteiger partial charge is 0.0426 e. The number of nitrogens with zero attached hydrogens (tertiary/aromatic N) is 1. The molecule has 2 rings (SSSR count). The third-order valence-corrected chi connectivity index (χ3v) is 3.73. The molecule has 2 N–H and O–H groups in total. The van der Waals surface area contributed by atoms with Gasteiger partial charge in [-0.25, -0.2) is 0 Å². The second kappa shape index (κ2) is 6.78. The summed E-state index contributed by atoms with van der Waals surface area (Å²) in [6.07, 6.45) is 0.933. The summed E-state index contributed by atoms with van der Waals surface area (Å²) in [5, 5.41) is 0.773. The normalized spacial score (nSPS) is 12.2. The first-order valence-electron chi connectivity index (χ1n) is 6.92. The van der Waals surface area contributed by atoms with Gasteiger partial charge in [-0.1, -0.05) is 48.9 Å². The summed E-state index contributed by atoms with van der Waals surface area (Å²) >= 11 is 6.04. The lowest BCUT2D eigenvalue weighted by atomic mass is 10.0. The van der Waals surface area contributed by atoms with E-state index in [4.69, 9.17) is 17.3 Å². The molecule has 0 radical (unpaired) electrons. The van der Waals surface area contributed by atoms with Gasteiger partial charge in [-0.05, 0) is 35.7 Å². The van der Waals surface area contributed by atoms with Crippen LogP contribution < -0.4 is 10.6 Å². The maximum absolute atomic E-state index is 6.20. The number of rotatable bonds is 5. The fraction of sp³-hybridized carbons (Fsp3) is 0.294. The van der Waals surface area contributed by atoms with E-state index < -0.39 is 0 Å². The van der Waals surface area contributed by atoms with Crippen molar-refractivity contribution in [2.75, 3.05) is 11.9 Å². The number of hydrogen-bond donors (Lipinski definition) is 1. The average molecular weight is 289 g/mol. The zero-order valence-electron chi connectivity index (χ0n) is 12.0. The zero-order valence-corrected chi connectivity index (χ0v) is 12.8. The van der Waals surface area contributed by atoms with Crippen molar-refractivity contribution in [3.63, 3.8) is 0 Å². The Hall–Kier alpha value is -1.51. The minimum atomic E-state index is 0.0769. The third-order valence-electron chi connectivity index (χ3n) is 3.50. The maximum Gasteiger partial charge on any atom is 0.0426 e. The highest BCUT2D eigenvalue weighted by Crippen LogP contribution is 2.27. The van der Waals surface area contributed by atoms with Crippen LogP contribution in [0.25, 0.3) is 0 Å². The number of halogens is 1. The molecule has 0 bridgehead atoms. The van der Waals surface area contributed by atoms with Gasteiger partial charge < -0.3 is 10.6 Å². The van der Waals surface area contributed by atoms with Crippen molar-refractivity contribution in [1.29, 1.82) is 0 Å². The molecule has 106 valence electrons. The number of nitrogens with two attached hydrogens (primary N) is 1. The highest BCUT2D eigenvalue weighted by molar-refractivity contribution is 6.30. The average Bonchev–Trinajstić information content (AvgIpc) is 2.46. The van der Waals surface area contributed by atoms with Gasteiger partial charge in [0.1, 0.15) is 0 Å². The van der Waals surface area contributed by atoms with Crippen molar-refractivity contribution < 1.29 is 0 Å². The van der Waals surface area contributed by atoms with E-state index in [0.717, 1.165) is 18.0 Å². The van der Waals surface area contributed by atoms with Crippen molar-refractivity contribution in [3.8, 4) is 0 Å². The van der Waals surface area contributed by atoms with Gasteiger partial charge in [-0.15, -0.1) is 0 Å². The Labute approximate surface area is 126 Å². The van der Waals surface area contributed by atoms with Crippen LogP contribution in [0, 0.1) is 0 Å². The van der Waals surface area contributed by atoms with Crippen LogP contribution in [-0.4, -0.2) is 7.05 Å². The summed E-state index contributed by atoms with van der Waals surface area (Å²) < 4.78 is 0. The first-order valence-corrected chi connectivity index (χ1v) is 7.29. The van der Waals surface area contributed by atoms with E-state index in [-0.39, 0.29) is 6.04 Å². The molecule has 0 heterocycles. The number of para-hydroxylation sites is 1. The molecule has 0 aliphatic heterocycles. The molecular weight excluding hydrogens is 268 g/mol. The number of benzene rings is 2. The molecule has 0 saturated carbocycles. The van der Waals surface area contributed by atoms with Crippen LogP contribution in [0.1, 0.15) is 30.5 Å². The number of anilines is 1. The summed E-state index contributed by atoms with van der Waals surface area (Å²) in [5.41, 5.74) is 9.77. The Kier molecular flexibility index (Phi) is 5.05. The standard InChI is InChI=1S/C17H21ClN2/c1-3-16(19)15-9-4-5-10-17(15)20(2)12-13-7-6-8-14(18)11-13/h4-11,16H,3,12,19H2,1-2H3/t16-/m0/s1. The van der Waals surface area contributed by atoms with Crippen LogP contribution >= 0.6 is 11.6 Å². The molecule has 0 saturated heterocycles. The topological polar surface area (TPSA) is 29.3 Å². The van der Waals surface area contributed by atoms with Crippen LogP contribution in [0.5, 0.6) is 0 Å². The molecule has 2 aromatic rings. The van der Waals surface area contributed by atoms with Crippen molar-refractivity contribution in [2.24, 2.45) is 5.73 Å². The summed E-state index contributed by atoms with van der Waals surface area (Å²) in [6.45, 7) is 2.92. The third kappa shape index (κ3) is 3.53. The fourth-order valence-corrected chi connectivity index (χ4v) is 2.58. The van der Waals surface area contributed by atoms with Crippen LogP contribution in [-0.2, 0) is 6.54 Å². The molecule has 0 aliphatic rings.